The molecular weight excluding hydrogens is 112 g/mol. The highest BCUT2D eigenvalue weighted by Gasteiger charge is 2.04. The smallest absolute Gasteiger partial charge is 0.0815 e. The molecule has 0 saturated carbocycles. The average Bonchev–Trinajstić information content (AvgIpc) is 1.89. The van der Waals surface area contributed by atoms with Gasteiger partial charge in [-0.1, -0.05) is 12.2 Å². The Balaban J connectivity index is 2.65. The number of hydrogen-bond donors (Lipinski definition) is 1. The maximum absolute atomic E-state index is 6.98. The molecule has 1 atom stereocenters. The van der Waals surface area contributed by atoms with E-state index in [1.165, 1.54) is 6.21 Å². The van der Waals surface area contributed by atoms with Crippen LogP contribution in [0.2, 0.25) is 0 Å². The molecule has 1 heterocycles. The highest BCUT2D eigenvalue weighted by Crippen LogP contribution is 2.01. The SMILES string of the molecule is CN1C=CC=CC1C=N. The molecule has 1 aliphatic rings. The van der Waals surface area contributed by atoms with E-state index in [4.69, 9.17) is 5.41 Å². The topological polar surface area (TPSA) is 27.1 Å². The quantitative estimate of drug-likeness (QED) is 0.516. The molecule has 0 aromatic carbocycles. The van der Waals surface area contributed by atoms with Crippen LogP contribution < -0.4 is 0 Å². The summed E-state index contributed by atoms with van der Waals surface area (Å²) in [6.45, 7) is 0. The van der Waals surface area contributed by atoms with E-state index in [9.17, 15) is 0 Å². The minimum atomic E-state index is 0.162. The van der Waals surface area contributed by atoms with Crippen molar-refractivity contribution in [3.8, 4) is 0 Å². The van der Waals surface area contributed by atoms with Gasteiger partial charge in [0.1, 0.15) is 0 Å². The number of nitrogens with zero attached hydrogens (tertiary/aromatic N) is 1. The summed E-state index contributed by atoms with van der Waals surface area (Å²) < 4.78 is 0. The molecule has 2 heteroatoms. The summed E-state index contributed by atoms with van der Waals surface area (Å²) in [6, 6.07) is 0.162. The van der Waals surface area contributed by atoms with E-state index >= 15 is 0 Å². The standard InChI is InChI=1S/C7H10N2/c1-9-5-3-2-4-7(9)6-8/h2-8H,1H3. The molecule has 0 aliphatic carbocycles. The van der Waals surface area contributed by atoms with Crippen molar-refractivity contribution in [2.75, 3.05) is 7.05 Å². The van der Waals surface area contributed by atoms with Crippen LogP contribution in [0, 0.1) is 5.41 Å². The van der Waals surface area contributed by atoms with E-state index in [1.807, 2.05) is 36.4 Å². The van der Waals surface area contributed by atoms with Gasteiger partial charge in [0.15, 0.2) is 0 Å². The summed E-state index contributed by atoms with van der Waals surface area (Å²) in [5.41, 5.74) is 0. The number of allylic oxidation sites excluding steroid dienone is 2. The molecular formula is C7H10N2. The lowest BCUT2D eigenvalue weighted by Gasteiger charge is -2.21. The second-order valence-corrected chi connectivity index (χ2v) is 2.05. The predicted octanol–water partition coefficient (Wildman–Crippen LogP) is 1.02. The highest BCUT2D eigenvalue weighted by molar-refractivity contribution is 5.64. The Bertz CT molecular complexity index is 158. The van der Waals surface area contributed by atoms with Crippen molar-refractivity contribution in [3.05, 3.63) is 24.4 Å². The molecule has 0 bridgehead atoms. The number of rotatable bonds is 1. The number of hydrogen-bond acceptors (Lipinski definition) is 2. The molecule has 0 amide bonds. The van der Waals surface area contributed by atoms with E-state index in [0.29, 0.717) is 0 Å². The zero-order valence-corrected chi connectivity index (χ0v) is 5.41. The minimum Gasteiger partial charge on any atom is -0.369 e. The van der Waals surface area contributed by atoms with Gasteiger partial charge in [0.25, 0.3) is 0 Å². The monoisotopic (exact) mass is 122 g/mol. The Kier molecular flexibility index (Phi) is 1.68. The average molecular weight is 122 g/mol. The van der Waals surface area contributed by atoms with Gasteiger partial charge in [-0.2, -0.15) is 0 Å². The van der Waals surface area contributed by atoms with Crippen molar-refractivity contribution in [1.29, 1.82) is 5.41 Å². The molecule has 0 spiro atoms. The molecule has 1 N–H and O–H groups in total. The third kappa shape index (κ3) is 1.19. The van der Waals surface area contributed by atoms with Crippen molar-refractivity contribution < 1.29 is 0 Å². The summed E-state index contributed by atoms with van der Waals surface area (Å²) in [6.07, 6.45) is 9.26. The normalized spacial score (nSPS) is 24.6. The van der Waals surface area contributed by atoms with Crippen molar-refractivity contribution in [1.82, 2.24) is 4.90 Å². The van der Waals surface area contributed by atoms with Crippen LogP contribution in [0.15, 0.2) is 24.4 Å². The second kappa shape index (κ2) is 2.49. The molecule has 0 fully saturated rings. The van der Waals surface area contributed by atoms with Crippen molar-refractivity contribution in [2.45, 2.75) is 6.04 Å². The van der Waals surface area contributed by atoms with Gasteiger partial charge >= 0.3 is 0 Å². The Morgan fingerprint density at radius 2 is 2.33 bits per heavy atom. The first-order valence-electron chi connectivity index (χ1n) is 2.92. The molecule has 9 heavy (non-hydrogen) atoms. The van der Waals surface area contributed by atoms with Gasteiger partial charge < -0.3 is 10.3 Å². The van der Waals surface area contributed by atoms with E-state index in [2.05, 4.69) is 0 Å². The van der Waals surface area contributed by atoms with Crippen LogP contribution in [-0.4, -0.2) is 24.2 Å². The van der Waals surface area contributed by atoms with Crippen molar-refractivity contribution in [3.63, 3.8) is 0 Å². The molecule has 0 saturated heterocycles. The van der Waals surface area contributed by atoms with Crippen LogP contribution in [0.4, 0.5) is 0 Å². The third-order valence-corrected chi connectivity index (χ3v) is 1.38. The molecule has 0 radical (unpaired) electrons. The number of likely N-dealkylation sites (N-methyl/N-ethyl adjacent to an activating group) is 1. The Morgan fingerprint density at radius 1 is 1.56 bits per heavy atom. The zero-order chi connectivity index (χ0) is 6.69. The largest absolute Gasteiger partial charge is 0.369 e. The molecule has 1 rings (SSSR count). The number of nitrogens with one attached hydrogen (secondary N) is 1. The fourth-order valence-corrected chi connectivity index (χ4v) is 0.772. The van der Waals surface area contributed by atoms with Crippen LogP contribution in [0.5, 0.6) is 0 Å². The van der Waals surface area contributed by atoms with E-state index < -0.39 is 0 Å². The Labute approximate surface area is 55.0 Å². The summed E-state index contributed by atoms with van der Waals surface area (Å²) in [5, 5.41) is 6.98. The fraction of sp³-hybridized carbons (Fsp3) is 0.286. The molecule has 0 aromatic rings. The van der Waals surface area contributed by atoms with Crippen LogP contribution in [0.1, 0.15) is 0 Å². The highest BCUT2D eigenvalue weighted by atomic mass is 15.1. The molecule has 1 unspecified atom stereocenters. The van der Waals surface area contributed by atoms with Gasteiger partial charge in [-0.3, -0.25) is 0 Å². The van der Waals surface area contributed by atoms with E-state index in [-0.39, 0.29) is 6.04 Å². The van der Waals surface area contributed by atoms with Crippen LogP contribution in [0.3, 0.4) is 0 Å². The first kappa shape index (κ1) is 6.08. The maximum atomic E-state index is 6.98. The van der Waals surface area contributed by atoms with Gasteiger partial charge in [-0.05, 0) is 12.3 Å². The maximum Gasteiger partial charge on any atom is 0.0815 e. The molecule has 1 aliphatic heterocycles. The van der Waals surface area contributed by atoms with Crippen molar-refractivity contribution in [2.24, 2.45) is 0 Å². The lowest BCUT2D eigenvalue weighted by Crippen LogP contribution is -2.27. The summed E-state index contributed by atoms with van der Waals surface area (Å²) in [5.74, 6) is 0. The van der Waals surface area contributed by atoms with Gasteiger partial charge in [0, 0.05) is 13.3 Å². The Hall–Kier alpha value is -1.05. The predicted molar refractivity (Wildman–Crippen MR) is 38.6 cm³/mol. The molecule has 48 valence electrons. The van der Waals surface area contributed by atoms with Crippen LogP contribution >= 0.6 is 0 Å². The van der Waals surface area contributed by atoms with Gasteiger partial charge in [0.2, 0.25) is 0 Å². The van der Waals surface area contributed by atoms with E-state index in [1.54, 1.807) is 0 Å². The van der Waals surface area contributed by atoms with Gasteiger partial charge in [-0.25, -0.2) is 0 Å². The van der Waals surface area contributed by atoms with Crippen molar-refractivity contribution >= 4 is 6.21 Å². The lowest BCUT2D eigenvalue weighted by molar-refractivity contribution is 0.456. The zero-order valence-electron chi connectivity index (χ0n) is 5.41. The van der Waals surface area contributed by atoms with Gasteiger partial charge in [-0.15, -0.1) is 0 Å². The molecule has 2 nitrogen and oxygen atoms in total. The summed E-state index contributed by atoms with van der Waals surface area (Å²) >= 11 is 0. The third-order valence-electron chi connectivity index (χ3n) is 1.38. The first-order valence-corrected chi connectivity index (χ1v) is 2.92. The summed E-state index contributed by atoms with van der Waals surface area (Å²) in [4.78, 5) is 1.98. The minimum absolute atomic E-state index is 0.162. The van der Waals surface area contributed by atoms with Gasteiger partial charge in [0.05, 0.1) is 6.04 Å². The van der Waals surface area contributed by atoms with Crippen LogP contribution in [0.25, 0.3) is 0 Å². The molecule has 0 aromatic heterocycles. The lowest BCUT2D eigenvalue weighted by atomic mass is 10.2. The summed E-state index contributed by atoms with van der Waals surface area (Å²) in [7, 11) is 1.95. The van der Waals surface area contributed by atoms with Crippen LogP contribution in [-0.2, 0) is 0 Å². The Morgan fingerprint density at radius 3 is 2.78 bits per heavy atom. The second-order valence-electron chi connectivity index (χ2n) is 2.05. The van der Waals surface area contributed by atoms with E-state index in [0.717, 1.165) is 0 Å². The fourth-order valence-electron chi connectivity index (χ4n) is 0.772. The first-order chi connectivity index (χ1) is 4.34.